The maximum absolute atomic E-state index is 12.4. The lowest BCUT2D eigenvalue weighted by Gasteiger charge is -2.11. The normalized spacial score (nSPS) is 10.7. The summed E-state index contributed by atoms with van der Waals surface area (Å²) in [6.07, 6.45) is 0.910. The van der Waals surface area contributed by atoms with E-state index in [0.717, 1.165) is 12.0 Å². The van der Waals surface area contributed by atoms with Gasteiger partial charge in [0.05, 0.1) is 12.2 Å². The van der Waals surface area contributed by atoms with Gasteiger partial charge in [-0.05, 0) is 79.7 Å². The molecule has 8 heteroatoms. The molecule has 0 saturated carbocycles. The lowest BCUT2D eigenvalue weighted by Crippen LogP contribution is -2.34. The summed E-state index contributed by atoms with van der Waals surface area (Å²) in [5, 5.41) is 16.1. The third-order valence-corrected chi connectivity index (χ3v) is 5.05. The molecule has 1 aromatic heterocycles. The van der Waals surface area contributed by atoms with Crippen molar-refractivity contribution in [2.24, 2.45) is 0 Å². The van der Waals surface area contributed by atoms with E-state index in [1.807, 2.05) is 32.0 Å². The maximum atomic E-state index is 12.4. The van der Waals surface area contributed by atoms with Crippen LogP contribution >= 0.6 is 12.2 Å². The predicted octanol–water partition coefficient (Wildman–Crippen LogP) is 5.42. The first-order valence-electron chi connectivity index (χ1n) is 10.5. The Hall–Kier alpha value is -3.91. The Kier molecular flexibility index (Phi) is 6.55. The number of hydrogen-bond donors (Lipinski definition) is 3. The molecule has 0 saturated heterocycles. The number of anilines is 1. The van der Waals surface area contributed by atoms with E-state index in [0.29, 0.717) is 46.2 Å². The average Bonchev–Trinajstić information content (AvgIpc) is 3.20. The van der Waals surface area contributed by atoms with Gasteiger partial charge in [0.2, 0.25) is 5.89 Å². The van der Waals surface area contributed by atoms with Crippen LogP contribution in [-0.4, -0.2) is 27.7 Å². The molecule has 1 amide bonds. The number of fused-ring (bicyclic) bond motifs is 1. The number of nitrogens with one attached hydrogen (secondary N) is 2. The van der Waals surface area contributed by atoms with Crippen molar-refractivity contribution >= 4 is 40.0 Å². The summed E-state index contributed by atoms with van der Waals surface area (Å²) in [6, 6.07) is 17.4. The second kappa shape index (κ2) is 9.70. The minimum Gasteiger partial charge on any atom is -0.507 e. The number of hydrogen-bond acceptors (Lipinski definition) is 6. The quantitative estimate of drug-likeness (QED) is 0.330. The van der Waals surface area contributed by atoms with Gasteiger partial charge in [0, 0.05) is 17.3 Å². The fourth-order valence-electron chi connectivity index (χ4n) is 3.20. The number of nitrogens with zero attached hydrogens (tertiary/aromatic N) is 1. The van der Waals surface area contributed by atoms with Crippen LogP contribution in [0.15, 0.2) is 65.1 Å². The van der Waals surface area contributed by atoms with E-state index >= 15 is 0 Å². The highest BCUT2D eigenvalue weighted by Crippen LogP contribution is 2.33. The number of thiocarbonyl (C=S) groups is 1. The molecule has 1 heterocycles. The fourth-order valence-corrected chi connectivity index (χ4v) is 3.41. The Morgan fingerprint density at radius 3 is 2.64 bits per heavy atom. The van der Waals surface area contributed by atoms with Gasteiger partial charge in [0.25, 0.3) is 5.91 Å². The topological polar surface area (TPSA) is 96.6 Å². The van der Waals surface area contributed by atoms with Crippen LogP contribution in [0.1, 0.15) is 29.3 Å². The van der Waals surface area contributed by atoms with Gasteiger partial charge in [-0.2, -0.15) is 0 Å². The van der Waals surface area contributed by atoms with Crippen LogP contribution in [0.25, 0.3) is 22.6 Å². The van der Waals surface area contributed by atoms with E-state index in [9.17, 15) is 9.90 Å². The van der Waals surface area contributed by atoms with E-state index in [-0.39, 0.29) is 16.8 Å². The average molecular weight is 462 g/mol. The summed E-state index contributed by atoms with van der Waals surface area (Å²) in [5.74, 6) is 0.651. The highest BCUT2D eigenvalue weighted by molar-refractivity contribution is 7.80. The summed E-state index contributed by atoms with van der Waals surface area (Å²) in [6.45, 7) is 4.62. The van der Waals surface area contributed by atoms with Gasteiger partial charge in [-0.3, -0.25) is 10.1 Å². The third-order valence-electron chi connectivity index (χ3n) is 4.85. The van der Waals surface area contributed by atoms with Crippen LogP contribution in [0.5, 0.6) is 11.5 Å². The number of phenols is 1. The highest BCUT2D eigenvalue weighted by atomic mass is 32.1. The van der Waals surface area contributed by atoms with E-state index in [1.165, 1.54) is 6.07 Å². The molecular formula is C25H23N3O4S. The number of aryl methyl sites for hydroxylation is 1. The number of rotatable bonds is 6. The molecule has 4 rings (SSSR count). The van der Waals surface area contributed by atoms with Crippen LogP contribution in [0.4, 0.5) is 5.69 Å². The number of ether oxygens (including phenoxy) is 1. The van der Waals surface area contributed by atoms with E-state index in [2.05, 4.69) is 15.6 Å². The Morgan fingerprint density at radius 2 is 1.91 bits per heavy atom. The predicted molar refractivity (Wildman–Crippen MR) is 132 cm³/mol. The molecule has 3 N–H and O–H groups in total. The molecule has 0 radical (unpaired) electrons. The molecule has 33 heavy (non-hydrogen) atoms. The Balaban J connectivity index is 1.40. The zero-order valence-electron chi connectivity index (χ0n) is 18.2. The monoisotopic (exact) mass is 461 g/mol. The van der Waals surface area contributed by atoms with E-state index < -0.39 is 0 Å². The molecule has 3 aromatic carbocycles. The van der Waals surface area contributed by atoms with Crippen molar-refractivity contribution in [2.75, 3.05) is 11.9 Å². The Labute approximate surface area is 196 Å². The SMILES string of the molecule is CCCOc1ccc(C(=O)NC(=S)Nc2ccc(-c3nc4ccc(C)cc4o3)c(O)c2)cc1. The summed E-state index contributed by atoms with van der Waals surface area (Å²) in [4.78, 5) is 16.9. The molecule has 4 aromatic rings. The van der Waals surface area contributed by atoms with Gasteiger partial charge in [-0.15, -0.1) is 0 Å². The number of carbonyl (C=O) groups excluding carboxylic acids is 1. The molecule has 0 fully saturated rings. The van der Waals surface area contributed by atoms with Crippen LogP contribution in [0, 0.1) is 6.92 Å². The standard InChI is InChI=1S/C25H23N3O4S/c1-3-12-31-18-8-5-16(6-9-18)23(30)28-25(33)26-17-7-10-19(21(29)14-17)24-27-20-11-4-15(2)13-22(20)32-24/h4-11,13-14,29H,3,12H2,1-2H3,(H2,26,28,30,33). The largest absolute Gasteiger partial charge is 0.507 e. The van der Waals surface area contributed by atoms with Crippen molar-refractivity contribution in [3.05, 3.63) is 71.8 Å². The van der Waals surface area contributed by atoms with Crippen LogP contribution < -0.4 is 15.4 Å². The first-order valence-corrected chi connectivity index (χ1v) is 10.9. The number of aromatic nitrogens is 1. The summed E-state index contributed by atoms with van der Waals surface area (Å²) < 4.78 is 11.3. The van der Waals surface area contributed by atoms with Crippen molar-refractivity contribution < 1.29 is 19.1 Å². The van der Waals surface area contributed by atoms with E-state index in [1.54, 1.807) is 36.4 Å². The van der Waals surface area contributed by atoms with Crippen LogP contribution in [0.2, 0.25) is 0 Å². The van der Waals surface area contributed by atoms with Crippen LogP contribution in [-0.2, 0) is 0 Å². The molecule has 0 aliphatic heterocycles. The van der Waals surface area contributed by atoms with Gasteiger partial charge in [-0.25, -0.2) is 4.98 Å². The second-order valence-electron chi connectivity index (χ2n) is 7.50. The zero-order valence-corrected chi connectivity index (χ0v) is 19.0. The number of amides is 1. The lowest BCUT2D eigenvalue weighted by molar-refractivity contribution is 0.0977. The molecule has 0 aliphatic carbocycles. The maximum Gasteiger partial charge on any atom is 0.257 e. The minimum absolute atomic E-state index is 0.0277. The number of aromatic hydroxyl groups is 1. The second-order valence-corrected chi connectivity index (χ2v) is 7.91. The molecule has 168 valence electrons. The van der Waals surface area contributed by atoms with Gasteiger partial charge in [0.1, 0.15) is 17.0 Å². The molecule has 0 unspecified atom stereocenters. The Morgan fingerprint density at radius 1 is 1.12 bits per heavy atom. The number of phenolic OH excluding ortho intramolecular Hbond substituents is 1. The van der Waals surface area contributed by atoms with Crippen molar-refractivity contribution in [3.8, 4) is 23.0 Å². The summed E-state index contributed by atoms with van der Waals surface area (Å²) >= 11 is 5.24. The highest BCUT2D eigenvalue weighted by Gasteiger charge is 2.14. The molecular weight excluding hydrogens is 438 g/mol. The number of oxazole rings is 1. The molecule has 7 nitrogen and oxygen atoms in total. The lowest BCUT2D eigenvalue weighted by atomic mass is 10.2. The molecule has 0 spiro atoms. The first kappa shape index (κ1) is 22.3. The van der Waals surface area contributed by atoms with Gasteiger partial charge < -0.3 is 19.6 Å². The fraction of sp³-hybridized carbons (Fsp3) is 0.160. The molecule has 0 aliphatic rings. The van der Waals surface area contributed by atoms with Gasteiger partial charge in [0.15, 0.2) is 10.7 Å². The first-order chi connectivity index (χ1) is 15.9. The smallest absolute Gasteiger partial charge is 0.257 e. The molecule has 0 bridgehead atoms. The van der Waals surface area contributed by atoms with Crippen LogP contribution in [0.3, 0.4) is 0 Å². The summed E-state index contributed by atoms with van der Waals surface area (Å²) in [7, 11) is 0. The van der Waals surface area contributed by atoms with E-state index in [4.69, 9.17) is 21.4 Å². The zero-order chi connectivity index (χ0) is 23.4. The summed E-state index contributed by atoms with van der Waals surface area (Å²) in [5.41, 5.74) is 3.84. The van der Waals surface area contributed by atoms with Crippen molar-refractivity contribution in [1.82, 2.24) is 10.3 Å². The van der Waals surface area contributed by atoms with Gasteiger partial charge in [-0.1, -0.05) is 13.0 Å². The van der Waals surface area contributed by atoms with Gasteiger partial charge >= 0.3 is 0 Å². The van der Waals surface area contributed by atoms with Crippen molar-refractivity contribution in [2.45, 2.75) is 20.3 Å². The third kappa shape index (κ3) is 5.30. The number of benzene rings is 3. The van der Waals surface area contributed by atoms with Crippen molar-refractivity contribution in [1.29, 1.82) is 0 Å². The number of carbonyl (C=O) groups is 1. The molecule has 0 atom stereocenters. The van der Waals surface area contributed by atoms with Crippen molar-refractivity contribution in [3.63, 3.8) is 0 Å². The minimum atomic E-state index is -0.350. The Bertz CT molecular complexity index is 1320.